The fourth-order valence-corrected chi connectivity index (χ4v) is 2.25. The van der Waals surface area contributed by atoms with Gasteiger partial charge in [0.25, 0.3) is 0 Å². The van der Waals surface area contributed by atoms with Crippen molar-refractivity contribution in [2.24, 2.45) is 5.92 Å². The predicted molar refractivity (Wildman–Crippen MR) is 81.1 cm³/mol. The molecular weight excluding hydrogens is 236 g/mol. The molecule has 0 saturated heterocycles. The number of anilines is 2. The van der Waals surface area contributed by atoms with Crippen LogP contribution in [0.2, 0.25) is 0 Å². The van der Waals surface area contributed by atoms with Crippen LogP contribution in [0.5, 0.6) is 0 Å². The Morgan fingerprint density at radius 3 is 2.79 bits per heavy atom. The fourth-order valence-electron chi connectivity index (χ4n) is 2.25. The lowest BCUT2D eigenvalue weighted by atomic mass is 10.0. The van der Waals surface area contributed by atoms with Gasteiger partial charge in [-0.1, -0.05) is 20.3 Å². The van der Waals surface area contributed by atoms with Crippen molar-refractivity contribution in [3.63, 3.8) is 0 Å². The van der Waals surface area contributed by atoms with Crippen LogP contribution in [0, 0.1) is 5.92 Å². The summed E-state index contributed by atoms with van der Waals surface area (Å²) in [6.45, 7) is 6.69. The topological polar surface area (TPSA) is 63.8 Å². The molecule has 3 N–H and O–H groups in total. The summed E-state index contributed by atoms with van der Waals surface area (Å²) in [6, 6.07) is 6.13. The van der Waals surface area contributed by atoms with Crippen molar-refractivity contribution in [2.45, 2.75) is 39.7 Å². The van der Waals surface area contributed by atoms with E-state index in [0.717, 1.165) is 28.8 Å². The third-order valence-corrected chi connectivity index (χ3v) is 3.50. The van der Waals surface area contributed by atoms with E-state index in [1.807, 2.05) is 18.2 Å². The SMILES string of the molecule is CCC(C)CC(C)Nc1ncnc2cc(N)ccc12. The van der Waals surface area contributed by atoms with Gasteiger partial charge in [0.1, 0.15) is 12.1 Å². The molecule has 0 aliphatic heterocycles. The van der Waals surface area contributed by atoms with Gasteiger partial charge in [-0.2, -0.15) is 0 Å². The summed E-state index contributed by atoms with van der Waals surface area (Å²) in [5.41, 5.74) is 7.39. The molecule has 0 amide bonds. The van der Waals surface area contributed by atoms with Crippen molar-refractivity contribution in [1.29, 1.82) is 0 Å². The molecule has 2 aromatic rings. The monoisotopic (exact) mass is 258 g/mol. The van der Waals surface area contributed by atoms with Crippen molar-refractivity contribution in [3.8, 4) is 0 Å². The normalized spacial score (nSPS) is 14.3. The first-order chi connectivity index (χ1) is 9.10. The van der Waals surface area contributed by atoms with Gasteiger partial charge in [0.05, 0.1) is 5.52 Å². The minimum Gasteiger partial charge on any atom is -0.399 e. The van der Waals surface area contributed by atoms with Gasteiger partial charge in [-0.25, -0.2) is 9.97 Å². The van der Waals surface area contributed by atoms with Crippen LogP contribution < -0.4 is 11.1 Å². The van der Waals surface area contributed by atoms with Crippen LogP contribution in [0.1, 0.15) is 33.6 Å². The molecule has 4 heteroatoms. The number of nitrogens with one attached hydrogen (secondary N) is 1. The Hall–Kier alpha value is -1.84. The average Bonchev–Trinajstić information content (AvgIpc) is 2.38. The maximum Gasteiger partial charge on any atom is 0.137 e. The second-order valence-electron chi connectivity index (χ2n) is 5.29. The highest BCUT2D eigenvalue weighted by atomic mass is 15.0. The lowest BCUT2D eigenvalue weighted by molar-refractivity contribution is 0.483. The molecule has 1 aromatic heterocycles. The second kappa shape index (κ2) is 5.87. The summed E-state index contributed by atoms with van der Waals surface area (Å²) in [5.74, 6) is 1.60. The Bertz CT molecular complexity index is 553. The molecular formula is C15H22N4. The standard InChI is InChI=1S/C15H22N4/c1-4-10(2)7-11(3)19-15-13-6-5-12(16)8-14(13)17-9-18-15/h5-6,8-11H,4,7,16H2,1-3H3,(H,17,18,19). The van der Waals surface area contributed by atoms with Crippen molar-refractivity contribution >= 4 is 22.4 Å². The molecule has 0 spiro atoms. The highest BCUT2D eigenvalue weighted by molar-refractivity contribution is 5.90. The number of hydrogen-bond acceptors (Lipinski definition) is 4. The summed E-state index contributed by atoms with van der Waals surface area (Å²) in [7, 11) is 0. The highest BCUT2D eigenvalue weighted by Crippen LogP contribution is 2.23. The van der Waals surface area contributed by atoms with Gasteiger partial charge in [0.2, 0.25) is 0 Å². The first kappa shape index (κ1) is 13.6. The minimum absolute atomic E-state index is 0.394. The zero-order chi connectivity index (χ0) is 13.8. The van der Waals surface area contributed by atoms with Crippen LogP contribution in [0.15, 0.2) is 24.5 Å². The maximum absolute atomic E-state index is 5.78. The first-order valence-electron chi connectivity index (χ1n) is 6.87. The lowest BCUT2D eigenvalue weighted by Gasteiger charge is -2.18. The molecule has 0 bridgehead atoms. The number of nitrogens with zero attached hydrogens (tertiary/aromatic N) is 2. The zero-order valence-electron chi connectivity index (χ0n) is 11.9. The van der Waals surface area contributed by atoms with Gasteiger partial charge < -0.3 is 11.1 Å². The van der Waals surface area contributed by atoms with Gasteiger partial charge >= 0.3 is 0 Å². The summed E-state index contributed by atoms with van der Waals surface area (Å²) in [6.07, 6.45) is 3.92. The number of nitrogen functional groups attached to an aromatic ring is 1. The van der Waals surface area contributed by atoms with Gasteiger partial charge in [-0.05, 0) is 37.5 Å². The molecule has 0 fully saturated rings. The largest absolute Gasteiger partial charge is 0.399 e. The van der Waals surface area contributed by atoms with E-state index in [9.17, 15) is 0 Å². The van der Waals surface area contributed by atoms with Gasteiger partial charge in [0, 0.05) is 17.1 Å². The van der Waals surface area contributed by atoms with E-state index >= 15 is 0 Å². The lowest BCUT2D eigenvalue weighted by Crippen LogP contribution is -2.19. The van der Waals surface area contributed by atoms with Gasteiger partial charge in [0.15, 0.2) is 0 Å². The highest BCUT2D eigenvalue weighted by Gasteiger charge is 2.10. The maximum atomic E-state index is 5.78. The first-order valence-corrected chi connectivity index (χ1v) is 6.87. The van der Waals surface area contributed by atoms with Crippen molar-refractivity contribution in [3.05, 3.63) is 24.5 Å². The van der Waals surface area contributed by atoms with Crippen LogP contribution >= 0.6 is 0 Å². The summed E-state index contributed by atoms with van der Waals surface area (Å²) < 4.78 is 0. The molecule has 2 unspecified atom stereocenters. The van der Waals surface area contributed by atoms with Crippen LogP contribution in [0.4, 0.5) is 11.5 Å². The average molecular weight is 258 g/mol. The molecule has 102 valence electrons. The Balaban J connectivity index is 2.21. The van der Waals surface area contributed by atoms with Crippen molar-refractivity contribution in [1.82, 2.24) is 9.97 Å². The summed E-state index contributed by atoms with van der Waals surface area (Å²) in [5, 5.41) is 4.50. The molecule has 2 rings (SSSR count). The smallest absolute Gasteiger partial charge is 0.137 e. The number of hydrogen-bond donors (Lipinski definition) is 2. The number of aromatic nitrogens is 2. The number of benzene rings is 1. The molecule has 19 heavy (non-hydrogen) atoms. The van der Waals surface area contributed by atoms with E-state index in [2.05, 4.69) is 36.1 Å². The van der Waals surface area contributed by atoms with Gasteiger partial charge in [-0.15, -0.1) is 0 Å². The number of nitrogens with two attached hydrogens (primary N) is 1. The minimum atomic E-state index is 0.394. The summed E-state index contributed by atoms with van der Waals surface area (Å²) >= 11 is 0. The van der Waals surface area contributed by atoms with Crippen molar-refractivity contribution in [2.75, 3.05) is 11.1 Å². The van der Waals surface area contributed by atoms with E-state index in [1.54, 1.807) is 6.33 Å². The summed E-state index contributed by atoms with van der Waals surface area (Å²) in [4.78, 5) is 8.60. The third-order valence-electron chi connectivity index (χ3n) is 3.50. The molecule has 0 aliphatic carbocycles. The van der Waals surface area contributed by atoms with Gasteiger partial charge in [-0.3, -0.25) is 0 Å². The number of fused-ring (bicyclic) bond motifs is 1. The van der Waals surface area contributed by atoms with Crippen LogP contribution in [0.25, 0.3) is 10.9 Å². The number of rotatable bonds is 5. The van der Waals surface area contributed by atoms with E-state index in [1.165, 1.54) is 6.42 Å². The molecule has 0 saturated carbocycles. The molecule has 4 nitrogen and oxygen atoms in total. The quantitative estimate of drug-likeness (QED) is 0.806. The van der Waals surface area contributed by atoms with Crippen LogP contribution in [-0.4, -0.2) is 16.0 Å². The second-order valence-corrected chi connectivity index (χ2v) is 5.29. The Labute approximate surface area is 114 Å². The Morgan fingerprint density at radius 2 is 2.05 bits per heavy atom. The van der Waals surface area contributed by atoms with Crippen LogP contribution in [-0.2, 0) is 0 Å². The molecule has 1 heterocycles. The van der Waals surface area contributed by atoms with E-state index in [0.29, 0.717) is 12.0 Å². The Kier molecular flexibility index (Phi) is 4.20. The molecule has 1 aromatic carbocycles. The van der Waals surface area contributed by atoms with E-state index in [-0.39, 0.29) is 0 Å². The zero-order valence-corrected chi connectivity index (χ0v) is 11.9. The third kappa shape index (κ3) is 3.34. The molecule has 0 aliphatic rings. The van der Waals surface area contributed by atoms with E-state index < -0.39 is 0 Å². The Morgan fingerprint density at radius 1 is 1.26 bits per heavy atom. The molecule has 0 radical (unpaired) electrons. The fraction of sp³-hybridized carbons (Fsp3) is 0.467. The van der Waals surface area contributed by atoms with Crippen LogP contribution in [0.3, 0.4) is 0 Å². The van der Waals surface area contributed by atoms with Crippen molar-refractivity contribution < 1.29 is 0 Å². The van der Waals surface area contributed by atoms with E-state index in [4.69, 9.17) is 5.73 Å². The molecule has 2 atom stereocenters. The predicted octanol–water partition coefficient (Wildman–Crippen LogP) is 3.45.